The van der Waals surface area contributed by atoms with Gasteiger partial charge in [-0.3, -0.25) is 20.2 Å². The number of nitrogens with one attached hydrogen (secondary N) is 2. The van der Waals surface area contributed by atoms with Gasteiger partial charge < -0.3 is 14.6 Å². The molecule has 0 radical (unpaired) electrons. The van der Waals surface area contributed by atoms with Crippen LogP contribution < -0.4 is 15.5 Å². The van der Waals surface area contributed by atoms with Gasteiger partial charge in [-0.2, -0.15) is 0 Å². The van der Waals surface area contributed by atoms with Crippen molar-refractivity contribution in [2.75, 3.05) is 23.3 Å². The number of carbonyl (C=O) groups excluding carboxylic acids is 1. The number of rotatable bonds is 5. The van der Waals surface area contributed by atoms with Crippen LogP contribution in [0, 0.1) is 24.0 Å². The third-order valence-corrected chi connectivity index (χ3v) is 6.92. The molecule has 38 heavy (non-hydrogen) atoms. The van der Waals surface area contributed by atoms with Crippen LogP contribution in [0.2, 0.25) is 5.02 Å². The summed E-state index contributed by atoms with van der Waals surface area (Å²) >= 11 is 11.7. The van der Waals surface area contributed by atoms with E-state index >= 15 is 0 Å². The molecule has 1 fully saturated rings. The molecule has 1 saturated heterocycles. The lowest BCUT2D eigenvalue weighted by molar-refractivity contribution is -0.384. The number of aromatic nitrogens is 1. The summed E-state index contributed by atoms with van der Waals surface area (Å²) < 4.78 is 6.00. The van der Waals surface area contributed by atoms with Crippen LogP contribution >= 0.6 is 23.8 Å². The maximum atomic E-state index is 12.9. The van der Waals surface area contributed by atoms with Crippen LogP contribution in [0.1, 0.15) is 34.3 Å². The van der Waals surface area contributed by atoms with E-state index in [1.807, 2.05) is 30.9 Å². The fourth-order valence-corrected chi connectivity index (χ4v) is 4.99. The molecule has 0 aliphatic carbocycles. The minimum absolute atomic E-state index is 0.00985. The molecule has 9 nitrogen and oxygen atoms in total. The molecule has 3 aromatic carbocycles. The first-order valence-electron chi connectivity index (χ1n) is 12.0. The molecule has 4 aromatic rings. The SMILES string of the molecule is Cc1cc(C)c2oc(-c3ccc(Cl)c(NC(=S)NC(=O)c4ccc(N5CCCC5)c([N+](=O)[O-])c4)c3)nc2c1. The van der Waals surface area contributed by atoms with E-state index in [0.29, 0.717) is 33.4 Å². The topological polar surface area (TPSA) is 114 Å². The van der Waals surface area contributed by atoms with E-state index in [4.69, 9.17) is 28.2 Å². The Labute approximate surface area is 228 Å². The Morgan fingerprint density at radius 3 is 2.63 bits per heavy atom. The van der Waals surface area contributed by atoms with E-state index in [-0.39, 0.29) is 16.4 Å². The Kier molecular flexibility index (Phi) is 7.00. The molecule has 0 atom stereocenters. The number of nitro groups is 1. The summed E-state index contributed by atoms with van der Waals surface area (Å²) in [6, 6.07) is 13.6. The van der Waals surface area contributed by atoms with Crippen molar-refractivity contribution in [3.63, 3.8) is 0 Å². The lowest BCUT2D eigenvalue weighted by Crippen LogP contribution is -2.34. The Morgan fingerprint density at radius 2 is 1.89 bits per heavy atom. The second kappa shape index (κ2) is 10.4. The van der Waals surface area contributed by atoms with Crippen molar-refractivity contribution >= 4 is 63.0 Å². The van der Waals surface area contributed by atoms with E-state index in [2.05, 4.69) is 15.6 Å². The maximum absolute atomic E-state index is 12.9. The van der Waals surface area contributed by atoms with Crippen molar-refractivity contribution in [3.8, 4) is 11.5 Å². The monoisotopic (exact) mass is 549 g/mol. The number of hydrogen-bond acceptors (Lipinski definition) is 7. The van der Waals surface area contributed by atoms with Gasteiger partial charge in [-0.25, -0.2) is 4.98 Å². The average Bonchev–Trinajstić information content (AvgIpc) is 3.55. The summed E-state index contributed by atoms with van der Waals surface area (Å²) in [5.41, 5.74) is 5.19. The fraction of sp³-hybridized carbons (Fsp3) is 0.222. The van der Waals surface area contributed by atoms with Crippen LogP contribution in [0.25, 0.3) is 22.6 Å². The standard InChI is InChI=1S/C27H24ClN5O4S/c1-15-11-16(2)24-21(12-15)29-26(37-24)18-5-7-19(28)20(13-18)30-27(38)31-25(34)17-6-8-22(23(14-17)33(35)36)32-9-3-4-10-32/h5-8,11-14H,3-4,9-10H2,1-2H3,(H2,30,31,34,38). The maximum Gasteiger partial charge on any atom is 0.293 e. The molecule has 194 valence electrons. The number of carbonyl (C=O) groups is 1. The molecule has 1 aromatic heterocycles. The first-order valence-corrected chi connectivity index (χ1v) is 12.8. The number of amides is 1. The lowest BCUT2D eigenvalue weighted by atomic mass is 10.1. The zero-order valence-electron chi connectivity index (χ0n) is 20.7. The number of hydrogen-bond donors (Lipinski definition) is 2. The van der Waals surface area contributed by atoms with Gasteiger partial charge in [0.05, 0.1) is 15.6 Å². The van der Waals surface area contributed by atoms with E-state index in [0.717, 1.165) is 42.6 Å². The van der Waals surface area contributed by atoms with Crippen LogP contribution in [0.3, 0.4) is 0 Å². The molecule has 1 aliphatic rings. The summed E-state index contributed by atoms with van der Waals surface area (Å²) in [5.74, 6) is -0.149. The summed E-state index contributed by atoms with van der Waals surface area (Å²) in [7, 11) is 0. The highest BCUT2D eigenvalue weighted by molar-refractivity contribution is 7.80. The van der Waals surface area contributed by atoms with Gasteiger partial charge in [-0.15, -0.1) is 0 Å². The number of aryl methyl sites for hydroxylation is 2. The molecule has 0 saturated carbocycles. The van der Waals surface area contributed by atoms with E-state index in [9.17, 15) is 14.9 Å². The molecule has 2 N–H and O–H groups in total. The van der Waals surface area contributed by atoms with Crippen molar-refractivity contribution in [2.45, 2.75) is 26.7 Å². The normalized spacial score (nSPS) is 13.1. The summed E-state index contributed by atoms with van der Waals surface area (Å²) in [6.45, 7) is 5.47. The molecule has 11 heteroatoms. The van der Waals surface area contributed by atoms with Gasteiger partial charge in [-0.1, -0.05) is 17.7 Å². The van der Waals surface area contributed by atoms with Crippen LogP contribution in [0.15, 0.2) is 52.9 Å². The average molecular weight is 550 g/mol. The molecule has 5 rings (SSSR count). The minimum atomic E-state index is -0.573. The highest BCUT2D eigenvalue weighted by Crippen LogP contribution is 2.33. The van der Waals surface area contributed by atoms with E-state index < -0.39 is 10.8 Å². The molecule has 1 aliphatic heterocycles. The third-order valence-electron chi connectivity index (χ3n) is 6.39. The van der Waals surface area contributed by atoms with Gasteiger partial charge in [0.2, 0.25) is 5.89 Å². The van der Waals surface area contributed by atoms with E-state index in [1.165, 1.54) is 6.07 Å². The first kappa shape index (κ1) is 25.6. The van der Waals surface area contributed by atoms with Gasteiger partial charge in [-0.05, 0) is 86.4 Å². The zero-order valence-corrected chi connectivity index (χ0v) is 22.3. The van der Waals surface area contributed by atoms with Crippen LogP contribution in [-0.4, -0.2) is 34.0 Å². The van der Waals surface area contributed by atoms with Crippen LogP contribution in [0.4, 0.5) is 17.1 Å². The molecule has 0 bridgehead atoms. The fourth-order valence-electron chi connectivity index (χ4n) is 4.62. The summed E-state index contributed by atoms with van der Waals surface area (Å²) in [4.78, 5) is 30.6. The van der Waals surface area contributed by atoms with Gasteiger partial charge in [0.15, 0.2) is 10.7 Å². The van der Waals surface area contributed by atoms with Gasteiger partial charge in [0.1, 0.15) is 11.2 Å². The number of nitro benzene ring substituents is 1. The molecular weight excluding hydrogens is 526 g/mol. The third kappa shape index (κ3) is 5.18. The van der Waals surface area contributed by atoms with Crippen LogP contribution in [-0.2, 0) is 0 Å². The predicted molar refractivity (Wildman–Crippen MR) is 152 cm³/mol. The Balaban J connectivity index is 1.33. The number of thiocarbonyl (C=S) groups is 1. The number of benzene rings is 3. The van der Waals surface area contributed by atoms with Crippen molar-refractivity contribution in [1.29, 1.82) is 0 Å². The van der Waals surface area contributed by atoms with Crippen molar-refractivity contribution in [3.05, 3.63) is 80.4 Å². The number of oxazole rings is 1. The number of halogens is 1. The molecule has 0 unspecified atom stereocenters. The van der Waals surface area contributed by atoms with Crippen molar-refractivity contribution < 1.29 is 14.1 Å². The molecule has 1 amide bonds. The molecular formula is C27H24ClN5O4S. The highest BCUT2D eigenvalue weighted by Gasteiger charge is 2.24. The molecule has 2 heterocycles. The van der Waals surface area contributed by atoms with Gasteiger partial charge in [0, 0.05) is 30.3 Å². The summed E-state index contributed by atoms with van der Waals surface area (Å²) in [5, 5.41) is 17.5. The first-order chi connectivity index (χ1) is 18.2. The minimum Gasteiger partial charge on any atom is -0.436 e. The Hall–Kier alpha value is -4.02. The number of fused-ring (bicyclic) bond motifs is 1. The predicted octanol–water partition coefficient (Wildman–Crippen LogP) is 6.40. The highest BCUT2D eigenvalue weighted by atomic mass is 35.5. The van der Waals surface area contributed by atoms with Crippen molar-refractivity contribution in [2.24, 2.45) is 0 Å². The van der Waals surface area contributed by atoms with Crippen LogP contribution in [0.5, 0.6) is 0 Å². The second-order valence-corrected chi connectivity index (χ2v) is 10.0. The quantitative estimate of drug-likeness (QED) is 0.167. The Bertz CT molecular complexity index is 1600. The summed E-state index contributed by atoms with van der Waals surface area (Å²) in [6.07, 6.45) is 1.96. The second-order valence-electron chi connectivity index (χ2n) is 9.21. The largest absolute Gasteiger partial charge is 0.436 e. The zero-order chi connectivity index (χ0) is 27.0. The van der Waals surface area contributed by atoms with Crippen molar-refractivity contribution in [1.82, 2.24) is 10.3 Å². The lowest BCUT2D eigenvalue weighted by Gasteiger charge is -2.18. The van der Waals surface area contributed by atoms with Gasteiger partial charge in [0.25, 0.3) is 11.6 Å². The Morgan fingerprint density at radius 1 is 1.13 bits per heavy atom. The van der Waals surface area contributed by atoms with E-state index in [1.54, 1.807) is 30.3 Å². The number of anilines is 2. The van der Waals surface area contributed by atoms with Gasteiger partial charge >= 0.3 is 0 Å². The number of nitrogens with zero attached hydrogens (tertiary/aromatic N) is 3. The molecule has 0 spiro atoms. The smallest absolute Gasteiger partial charge is 0.293 e.